The summed E-state index contributed by atoms with van der Waals surface area (Å²) in [5.41, 5.74) is 0. The highest BCUT2D eigenvalue weighted by Gasteiger charge is 2.39. The Morgan fingerprint density at radius 3 is 2.56 bits per heavy atom. The molecule has 2 saturated heterocycles. The molecule has 2 heterocycles. The summed E-state index contributed by atoms with van der Waals surface area (Å²) in [6.07, 6.45) is 1.95. The fourth-order valence-electron chi connectivity index (χ4n) is 2.64. The monoisotopic (exact) mass is 273 g/mol. The van der Waals surface area contributed by atoms with Crippen LogP contribution in [0.5, 0.6) is 0 Å². The number of rotatable bonds is 3. The molecule has 0 aromatic rings. The fraction of sp³-hybridized carbons (Fsp3) is 0.833. The number of carbonyl (C=O) groups excluding carboxylic acids is 1. The number of aliphatic hydroxyl groups is 1. The average molecular weight is 273 g/mol. The van der Waals surface area contributed by atoms with E-state index in [1.165, 1.54) is 4.90 Å². The molecule has 18 heavy (non-hydrogen) atoms. The minimum Gasteiger partial charge on any atom is -0.480 e. The molecule has 0 spiro atoms. The zero-order valence-corrected chi connectivity index (χ0v) is 11.1. The SMILES string of the molecule is O=C(O)C1CC(O)CN1C(=O)CC1CCSCC1. The highest BCUT2D eigenvalue weighted by atomic mass is 32.2. The van der Waals surface area contributed by atoms with Crippen molar-refractivity contribution < 1.29 is 19.8 Å². The van der Waals surface area contributed by atoms with Crippen LogP contribution in [0.3, 0.4) is 0 Å². The van der Waals surface area contributed by atoms with Gasteiger partial charge in [-0.25, -0.2) is 4.79 Å². The highest BCUT2D eigenvalue weighted by molar-refractivity contribution is 7.99. The molecule has 0 saturated carbocycles. The molecule has 0 bridgehead atoms. The van der Waals surface area contributed by atoms with Crippen LogP contribution in [-0.4, -0.2) is 57.2 Å². The maximum Gasteiger partial charge on any atom is 0.326 e. The maximum atomic E-state index is 12.1. The summed E-state index contributed by atoms with van der Waals surface area (Å²) >= 11 is 1.90. The molecule has 0 radical (unpaired) electrons. The molecule has 2 fully saturated rings. The Balaban J connectivity index is 1.92. The number of hydrogen-bond acceptors (Lipinski definition) is 4. The smallest absolute Gasteiger partial charge is 0.326 e. The first kappa shape index (κ1) is 13.7. The summed E-state index contributed by atoms with van der Waals surface area (Å²) in [5.74, 6) is 1.42. The zero-order valence-electron chi connectivity index (χ0n) is 10.2. The van der Waals surface area contributed by atoms with Crippen molar-refractivity contribution in [1.82, 2.24) is 4.90 Å². The second kappa shape index (κ2) is 5.93. The maximum absolute atomic E-state index is 12.1. The van der Waals surface area contributed by atoms with Gasteiger partial charge >= 0.3 is 5.97 Å². The lowest BCUT2D eigenvalue weighted by molar-refractivity contribution is -0.148. The van der Waals surface area contributed by atoms with Crippen molar-refractivity contribution in [3.8, 4) is 0 Å². The Morgan fingerprint density at radius 2 is 1.94 bits per heavy atom. The van der Waals surface area contributed by atoms with Crippen LogP contribution in [-0.2, 0) is 9.59 Å². The van der Waals surface area contributed by atoms with Crippen LogP contribution >= 0.6 is 11.8 Å². The van der Waals surface area contributed by atoms with E-state index in [1.807, 2.05) is 11.8 Å². The van der Waals surface area contributed by atoms with E-state index in [0.717, 1.165) is 24.3 Å². The number of carboxylic acid groups (broad SMARTS) is 1. The van der Waals surface area contributed by atoms with Crippen LogP contribution in [0.25, 0.3) is 0 Å². The van der Waals surface area contributed by atoms with Crippen molar-refractivity contribution in [2.24, 2.45) is 5.92 Å². The van der Waals surface area contributed by atoms with Gasteiger partial charge in [-0.1, -0.05) is 0 Å². The molecule has 2 unspecified atom stereocenters. The fourth-order valence-corrected chi connectivity index (χ4v) is 3.84. The van der Waals surface area contributed by atoms with Gasteiger partial charge in [0.05, 0.1) is 6.10 Å². The molecule has 102 valence electrons. The Hall–Kier alpha value is -0.750. The quantitative estimate of drug-likeness (QED) is 0.786. The van der Waals surface area contributed by atoms with E-state index in [1.54, 1.807) is 0 Å². The van der Waals surface area contributed by atoms with Gasteiger partial charge in [0.2, 0.25) is 5.91 Å². The van der Waals surface area contributed by atoms with Crippen molar-refractivity contribution in [1.29, 1.82) is 0 Å². The van der Waals surface area contributed by atoms with Crippen LogP contribution in [0.1, 0.15) is 25.7 Å². The van der Waals surface area contributed by atoms with E-state index < -0.39 is 18.1 Å². The lowest BCUT2D eigenvalue weighted by Crippen LogP contribution is -2.41. The second-order valence-corrected chi connectivity index (χ2v) is 6.27. The molecule has 0 aromatic heterocycles. The second-order valence-electron chi connectivity index (χ2n) is 5.05. The van der Waals surface area contributed by atoms with E-state index >= 15 is 0 Å². The van der Waals surface area contributed by atoms with Gasteiger partial charge in [0.15, 0.2) is 0 Å². The number of β-amino-alcohol motifs (C(OH)–C–C–N with tert-alkyl or cyclic N) is 1. The van der Waals surface area contributed by atoms with Gasteiger partial charge in [-0.2, -0.15) is 11.8 Å². The van der Waals surface area contributed by atoms with Crippen LogP contribution in [0.2, 0.25) is 0 Å². The number of likely N-dealkylation sites (tertiary alicyclic amines) is 1. The van der Waals surface area contributed by atoms with E-state index in [9.17, 15) is 14.7 Å². The molecular weight excluding hydrogens is 254 g/mol. The van der Waals surface area contributed by atoms with Crippen LogP contribution in [0.4, 0.5) is 0 Å². The number of aliphatic carboxylic acids is 1. The molecule has 2 N–H and O–H groups in total. The summed E-state index contributed by atoms with van der Waals surface area (Å²) in [5, 5.41) is 18.6. The number of thioether (sulfide) groups is 1. The molecule has 0 aliphatic carbocycles. The van der Waals surface area contributed by atoms with E-state index in [2.05, 4.69) is 0 Å². The van der Waals surface area contributed by atoms with Gasteiger partial charge < -0.3 is 15.1 Å². The number of hydrogen-bond donors (Lipinski definition) is 2. The number of amides is 1. The summed E-state index contributed by atoms with van der Waals surface area (Å²) in [6.45, 7) is 0.164. The summed E-state index contributed by atoms with van der Waals surface area (Å²) < 4.78 is 0. The van der Waals surface area contributed by atoms with Gasteiger partial charge in [-0.05, 0) is 30.3 Å². The molecule has 6 heteroatoms. The highest BCUT2D eigenvalue weighted by Crippen LogP contribution is 2.27. The number of nitrogens with zero attached hydrogens (tertiary/aromatic N) is 1. The van der Waals surface area contributed by atoms with Crippen molar-refractivity contribution in [2.75, 3.05) is 18.1 Å². The van der Waals surface area contributed by atoms with Crippen LogP contribution in [0, 0.1) is 5.92 Å². The van der Waals surface area contributed by atoms with Crippen molar-refractivity contribution in [2.45, 2.75) is 37.8 Å². The number of carboxylic acids is 1. The minimum absolute atomic E-state index is 0.115. The summed E-state index contributed by atoms with van der Waals surface area (Å²) in [7, 11) is 0. The van der Waals surface area contributed by atoms with Gasteiger partial charge in [0.25, 0.3) is 0 Å². The third-order valence-corrected chi connectivity index (χ3v) is 4.74. The van der Waals surface area contributed by atoms with Crippen LogP contribution < -0.4 is 0 Å². The molecular formula is C12H19NO4S. The van der Waals surface area contributed by atoms with Gasteiger partial charge in [0, 0.05) is 19.4 Å². The standard InChI is InChI=1S/C12H19NO4S/c14-9-6-10(12(16)17)13(7-9)11(15)5-8-1-3-18-4-2-8/h8-10,14H,1-7H2,(H,16,17). The first-order chi connectivity index (χ1) is 8.58. The van der Waals surface area contributed by atoms with Crippen molar-refractivity contribution >= 4 is 23.6 Å². The van der Waals surface area contributed by atoms with Gasteiger partial charge in [0.1, 0.15) is 6.04 Å². The largest absolute Gasteiger partial charge is 0.480 e. The van der Waals surface area contributed by atoms with Crippen molar-refractivity contribution in [3.63, 3.8) is 0 Å². The lowest BCUT2D eigenvalue weighted by Gasteiger charge is -2.26. The van der Waals surface area contributed by atoms with E-state index in [0.29, 0.717) is 12.3 Å². The minimum atomic E-state index is -1.01. The predicted octanol–water partition coefficient (Wildman–Crippen LogP) is 0.566. The average Bonchev–Trinajstić information content (AvgIpc) is 2.73. The molecule has 2 aliphatic heterocycles. The summed E-state index contributed by atoms with van der Waals surface area (Å²) in [4.78, 5) is 24.5. The van der Waals surface area contributed by atoms with Crippen molar-refractivity contribution in [3.05, 3.63) is 0 Å². The van der Waals surface area contributed by atoms with E-state index in [4.69, 9.17) is 5.11 Å². The zero-order chi connectivity index (χ0) is 13.1. The topological polar surface area (TPSA) is 77.8 Å². The first-order valence-corrected chi connectivity index (χ1v) is 7.51. The molecule has 2 rings (SSSR count). The lowest BCUT2D eigenvalue weighted by atomic mass is 9.98. The molecule has 2 aliphatic rings. The third kappa shape index (κ3) is 3.17. The van der Waals surface area contributed by atoms with Gasteiger partial charge in [-0.15, -0.1) is 0 Å². The van der Waals surface area contributed by atoms with Crippen LogP contribution in [0.15, 0.2) is 0 Å². The van der Waals surface area contributed by atoms with E-state index in [-0.39, 0.29) is 18.9 Å². The third-order valence-electron chi connectivity index (χ3n) is 3.69. The predicted molar refractivity (Wildman–Crippen MR) is 68.4 cm³/mol. The molecule has 2 atom stereocenters. The number of carbonyl (C=O) groups is 2. The Morgan fingerprint density at radius 1 is 1.28 bits per heavy atom. The Kier molecular flexibility index (Phi) is 4.50. The first-order valence-electron chi connectivity index (χ1n) is 6.36. The Labute approximate surface area is 111 Å². The molecule has 5 nitrogen and oxygen atoms in total. The van der Waals surface area contributed by atoms with Gasteiger partial charge in [-0.3, -0.25) is 4.79 Å². The molecule has 1 amide bonds. The Bertz CT molecular complexity index is 330. The number of aliphatic hydroxyl groups excluding tert-OH is 1. The summed E-state index contributed by atoms with van der Waals surface area (Å²) in [6, 6.07) is -0.842. The normalized spacial score (nSPS) is 29.5. The molecule has 0 aromatic carbocycles.